The summed E-state index contributed by atoms with van der Waals surface area (Å²) in [5.74, 6) is -1.32. The van der Waals surface area contributed by atoms with Crippen LogP contribution >= 0.6 is 0 Å². The normalized spacial score (nSPS) is 25.8. The van der Waals surface area contributed by atoms with Gasteiger partial charge in [-0.1, -0.05) is 6.07 Å². The zero-order chi connectivity index (χ0) is 15.2. The summed E-state index contributed by atoms with van der Waals surface area (Å²) in [6.07, 6.45) is -0.331. The van der Waals surface area contributed by atoms with Gasteiger partial charge in [-0.25, -0.2) is 4.79 Å². The van der Waals surface area contributed by atoms with Crippen molar-refractivity contribution in [3.63, 3.8) is 0 Å². The number of fused-ring (bicyclic) bond motifs is 3. The Morgan fingerprint density at radius 2 is 2.00 bits per heavy atom. The van der Waals surface area contributed by atoms with Gasteiger partial charge < -0.3 is 14.2 Å². The second kappa shape index (κ2) is 4.58. The molecule has 1 aromatic rings. The van der Waals surface area contributed by atoms with Gasteiger partial charge in [-0.05, 0) is 29.7 Å². The second-order valence-corrected chi connectivity index (χ2v) is 5.28. The molecule has 21 heavy (non-hydrogen) atoms. The van der Waals surface area contributed by atoms with Gasteiger partial charge in [-0.3, -0.25) is 9.59 Å². The Hall–Kier alpha value is -2.37. The van der Waals surface area contributed by atoms with E-state index in [2.05, 4.69) is 4.74 Å². The van der Waals surface area contributed by atoms with E-state index in [0.29, 0.717) is 12.0 Å². The Balaban J connectivity index is 2.05. The maximum Gasteiger partial charge on any atom is 0.337 e. The van der Waals surface area contributed by atoms with Crippen molar-refractivity contribution in [2.45, 2.75) is 18.9 Å². The summed E-state index contributed by atoms with van der Waals surface area (Å²) >= 11 is 0. The fourth-order valence-corrected chi connectivity index (χ4v) is 3.21. The van der Waals surface area contributed by atoms with E-state index in [1.807, 2.05) is 0 Å². The summed E-state index contributed by atoms with van der Waals surface area (Å²) in [6, 6.07) is 4.98. The highest BCUT2D eigenvalue weighted by Crippen LogP contribution is 2.55. The van der Waals surface area contributed by atoms with Gasteiger partial charge in [0.2, 0.25) is 0 Å². The molecule has 2 unspecified atom stereocenters. The van der Waals surface area contributed by atoms with Crippen molar-refractivity contribution in [2.75, 3.05) is 14.2 Å². The lowest BCUT2D eigenvalue weighted by molar-refractivity contribution is -0.155. The molecule has 1 fully saturated rings. The van der Waals surface area contributed by atoms with Gasteiger partial charge in [0.1, 0.15) is 11.5 Å². The Morgan fingerprint density at radius 1 is 1.24 bits per heavy atom. The van der Waals surface area contributed by atoms with E-state index in [1.165, 1.54) is 14.2 Å². The van der Waals surface area contributed by atoms with Crippen molar-refractivity contribution in [3.8, 4) is 0 Å². The van der Waals surface area contributed by atoms with Crippen LogP contribution in [0.2, 0.25) is 0 Å². The van der Waals surface area contributed by atoms with Crippen LogP contribution in [-0.4, -0.2) is 32.1 Å². The molecule has 110 valence electrons. The summed E-state index contributed by atoms with van der Waals surface area (Å²) in [5, 5.41) is 0. The molecule has 0 radical (unpaired) electrons. The Kier molecular flexibility index (Phi) is 2.97. The quantitative estimate of drug-likeness (QED) is 0.601. The zero-order valence-electron chi connectivity index (χ0n) is 11.7. The van der Waals surface area contributed by atoms with Gasteiger partial charge in [-0.15, -0.1) is 0 Å². The van der Waals surface area contributed by atoms with Crippen molar-refractivity contribution in [1.29, 1.82) is 0 Å². The lowest BCUT2D eigenvalue weighted by Gasteiger charge is -2.22. The third kappa shape index (κ3) is 1.82. The Labute approximate surface area is 121 Å². The van der Waals surface area contributed by atoms with Crippen molar-refractivity contribution >= 4 is 17.9 Å². The maximum absolute atomic E-state index is 12.2. The molecule has 1 aliphatic carbocycles. The minimum atomic E-state index is -1.01. The molecular weight excluding hydrogens is 276 g/mol. The topological polar surface area (TPSA) is 78.9 Å². The third-order valence-electron chi connectivity index (χ3n) is 4.16. The van der Waals surface area contributed by atoms with E-state index in [-0.39, 0.29) is 6.42 Å². The number of ether oxygens (including phenoxy) is 3. The van der Waals surface area contributed by atoms with Crippen LogP contribution in [0.25, 0.3) is 0 Å². The summed E-state index contributed by atoms with van der Waals surface area (Å²) in [7, 11) is 2.60. The van der Waals surface area contributed by atoms with Gasteiger partial charge in [0.15, 0.2) is 0 Å². The minimum Gasteiger partial charge on any atom is -0.468 e. The molecule has 6 heteroatoms. The predicted octanol–water partition coefficient (Wildman–Crippen LogP) is 1.18. The molecule has 2 aliphatic rings. The first kappa shape index (κ1) is 13.6. The average Bonchev–Trinajstić information content (AvgIpc) is 2.96. The number of rotatable bonds is 2. The van der Waals surface area contributed by atoms with Gasteiger partial charge in [0.05, 0.1) is 26.2 Å². The van der Waals surface area contributed by atoms with Gasteiger partial charge in [-0.2, -0.15) is 0 Å². The molecule has 3 rings (SSSR count). The molecule has 1 aromatic carbocycles. The van der Waals surface area contributed by atoms with Crippen molar-refractivity contribution in [3.05, 3.63) is 34.9 Å². The van der Waals surface area contributed by atoms with Crippen molar-refractivity contribution < 1.29 is 28.6 Å². The van der Waals surface area contributed by atoms with Crippen LogP contribution in [0.4, 0.5) is 0 Å². The number of benzene rings is 1. The first-order chi connectivity index (χ1) is 10.0. The molecule has 0 amide bonds. The number of hydrogen-bond acceptors (Lipinski definition) is 6. The number of methoxy groups -OCH3 is 2. The predicted molar refractivity (Wildman–Crippen MR) is 69.4 cm³/mol. The Morgan fingerprint density at radius 3 is 2.67 bits per heavy atom. The number of hydrogen-bond donors (Lipinski definition) is 0. The molecule has 1 saturated heterocycles. The molecule has 1 heterocycles. The lowest BCUT2D eigenvalue weighted by atomic mass is 9.81. The van der Waals surface area contributed by atoms with E-state index in [9.17, 15) is 14.4 Å². The van der Waals surface area contributed by atoms with Crippen molar-refractivity contribution in [1.82, 2.24) is 0 Å². The standard InChI is InChI=1S/C15H14O6/c1-19-13(17)8-3-4-10-9(5-8)6-15(14(18)20-2)7-11(16)21-12(10)15/h3-5,12H,6-7H2,1-2H3. The summed E-state index contributed by atoms with van der Waals surface area (Å²) in [4.78, 5) is 35.4. The average molecular weight is 290 g/mol. The fraction of sp³-hybridized carbons (Fsp3) is 0.400. The summed E-state index contributed by atoms with van der Waals surface area (Å²) in [6.45, 7) is 0. The van der Waals surface area contributed by atoms with E-state index in [4.69, 9.17) is 9.47 Å². The molecule has 0 spiro atoms. The summed E-state index contributed by atoms with van der Waals surface area (Å²) < 4.78 is 14.8. The van der Waals surface area contributed by atoms with Gasteiger partial charge in [0.25, 0.3) is 0 Å². The number of esters is 3. The van der Waals surface area contributed by atoms with Crippen molar-refractivity contribution in [2.24, 2.45) is 5.41 Å². The number of carbonyl (C=O) groups excluding carboxylic acids is 3. The van der Waals surface area contributed by atoms with E-state index in [1.54, 1.807) is 18.2 Å². The number of carbonyl (C=O) groups is 3. The van der Waals surface area contributed by atoms with E-state index < -0.39 is 29.4 Å². The van der Waals surface area contributed by atoms with Gasteiger partial charge >= 0.3 is 17.9 Å². The molecular formula is C15H14O6. The molecule has 0 bridgehead atoms. The second-order valence-electron chi connectivity index (χ2n) is 5.28. The molecule has 0 aromatic heterocycles. The van der Waals surface area contributed by atoms with E-state index >= 15 is 0 Å². The van der Waals surface area contributed by atoms with Crippen LogP contribution in [0.1, 0.15) is 34.0 Å². The highest BCUT2D eigenvalue weighted by Gasteiger charge is 2.60. The molecule has 2 atom stereocenters. The van der Waals surface area contributed by atoms with Crippen LogP contribution in [0.3, 0.4) is 0 Å². The highest BCUT2D eigenvalue weighted by molar-refractivity contribution is 5.91. The maximum atomic E-state index is 12.2. The first-order valence-corrected chi connectivity index (χ1v) is 6.51. The van der Waals surface area contributed by atoms with Crippen LogP contribution in [0.5, 0.6) is 0 Å². The fourth-order valence-electron chi connectivity index (χ4n) is 3.21. The van der Waals surface area contributed by atoms with E-state index in [0.717, 1.165) is 11.1 Å². The smallest absolute Gasteiger partial charge is 0.337 e. The first-order valence-electron chi connectivity index (χ1n) is 6.51. The molecule has 0 saturated carbocycles. The largest absolute Gasteiger partial charge is 0.468 e. The lowest BCUT2D eigenvalue weighted by Crippen LogP contribution is -2.33. The summed E-state index contributed by atoms with van der Waals surface area (Å²) in [5.41, 5.74) is 0.949. The monoisotopic (exact) mass is 290 g/mol. The SMILES string of the molecule is COC(=O)c1ccc2c(c1)CC1(C(=O)OC)CC(=O)OC21. The van der Waals surface area contributed by atoms with Crippen LogP contribution in [-0.2, 0) is 30.2 Å². The highest BCUT2D eigenvalue weighted by atomic mass is 16.6. The van der Waals surface area contributed by atoms with Crippen LogP contribution in [0.15, 0.2) is 18.2 Å². The molecule has 0 N–H and O–H groups in total. The zero-order valence-corrected chi connectivity index (χ0v) is 11.7. The molecule has 6 nitrogen and oxygen atoms in total. The third-order valence-corrected chi connectivity index (χ3v) is 4.16. The Bertz CT molecular complexity index is 650. The van der Waals surface area contributed by atoms with Crippen LogP contribution < -0.4 is 0 Å². The minimum absolute atomic E-state index is 0.00736. The van der Waals surface area contributed by atoms with Gasteiger partial charge in [0, 0.05) is 0 Å². The molecule has 1 aliphatic heterocycles. The van der Waals surface area contributed by atoms with Crippen LogP contribution in [0, 0.1) is 5.41 Å².